The molecule has 0 radical (unpaired) electrons. The molecule has 4 rings (SSSR count). The van der Waals surface area contributed by atoms with E-state index in [0.717, 1.165) is 31.6 Å². The molecule has 0 saturated carbocycles. The second-order valence-electron chi connectivity index (χ2n) is 8.82. The van der Waals surface area contributed by atoms with Crippen LogP contribution in [-0.2, 0) is 49.1 Å². The second kappa shape index (κ2) is 14.5. The number of nitrogens with zero attached hydrogens (tertiary/aromatic N) is 4. The summed E-state index contributed by atoms with van der Waals surface area (Å²) in [5.74, 6) is -3.05. The summed E-state index contributed by atoms with van der Waals surface area (Å²) in [4.78, 5) is 40.9. The van der Waals surface area contributed by atoms with Gasteiger partial charge in [-0.3, -0.25) is 9.63 Å². The minimum atomic E-state index is -1.82. The molecule has 13 heteroatoms. The molecule has 1 aromatic carbocycles. The van der Waals surface area contributed by atoms with E-state index in [-0.39, 0.29) is 19.1 Å². The Bertz CT molecular complexity index is 1180. The van der Waals surface area contributed by atoms with Gasteiger partial charge < -0.3 is 24.3 Å². The lowest BCUT2D eigenvalue weighted by Gasteiger charge is -2.45. The molecule has 1 aliphatic rings. The van der Waals surface area contributed by atoms with Gasteiger partial charge in [-0.05, 0) is 36.3 Å². The van der Waals surface area contributed by atoms with E-state index in [9.17, 15) is 4.79 Å². The van der Waals surface area contributed by atoms with E-state index in [1.54, 1.807) is 18.4 Å². The number of carboxylic acid groups (broad SMARTS) is 2. The van der Waals surface area contributed by atoms with Crippen molar-refractivity contribution in [2.24, 2.45) is 0 Å². The van der Waals surface area contributed by atoms with Crippen molar-refractivity contribution in [2.45, 2.75) is 44.9 Å². The number of likely N-dealkylation sites (tertiary alicyclic amines) is 1. The van der Waals surface area contributed by atoms with Gasteiger partial charge in [0.05, 0.1) is 0 Å². The Labute approximate surface area is 229 Å². The molecule has 3 heterocycles. The zero-order valence-electron chi connectivity index (χ0n) is 21.8. The largest absolute Gasteiger partial charge is 0.473 e. The zero-order valence-corrected chi connectivity index (χ0v) is 22.6. The van der Waals surface area contributed by atoms with Crippen molar-refractivity contribution in [1.82, 2.24) is 20.2 Å². The highest BCUT2D eigenvalue weighted by molar-refractivity contribution is 7.09. The third-order valence-corrected chi connectivity index (χ3v) is 7.07. The number of aromatic nitrogens is 2. The molecule has 1 amide bonds. The van der Waals surface area contributed by atoms with Crippen LogP contribution in [0, 0.1) is 0 Å². The first-order chi connectivity index (χ1) is 18.7. The van der Waals surface area contributed by atoms with Crippen LogP contribution >= 0.6 is 11.3 Å². The van der Waals surface area contributed by atoms with E-state index >= 15 is 0 Å². The van der Waals surface area contributed by atoms with Crippen LogP contribution in [0.5, 0.6) is 0 Å². The molecule has 210 valence electrons. The van der Waals surface area contributed by atoms with E-state index in [0.29, 0.717) is 24.6 Å². The molecular weight excluding hydrogens is 528 g/mol. The molecule has 0 aliphatic carbocycles. The lowest BCUT2D eigenvalue weighted by atomic mass is 9.86. The Balaban J connectivity index is 0.000000631. The number of piperidine rings is 1. The number of rotatable bonds is 10. The lowest BCUT2D eigenvalue weighted by Crippen LogP contribution is -2.55. The quantitative estimate of drug-likeness (QED) is 0.278. The third kappa shape index (κ3) is 8.42. The number of benzene rings is 1. The molecule has 0 unspecified atom stereocenters. The molecule has 2 aromatic heterocycles. The Morgan fingerprint density at radius 2 is 1.74 bits per heavy atom. The van der Waals surface area contributed by atoms with Gasteiger partial charge in [-0.25, -0.2) is 14.7 Å². The number of carbonyl (C=O) groups excluding carboxylic acids is 1. The topological polar surface area (TPSA) is 156 Å². The highest BCUT2D eigenvalue weighted by Crippen LogP contribution is 2.39. The van der Waals surface area contributed by atoms with Crippen molar-refractivity contribution in [2.75, 3.05) is 26.7 Å². The number of hydroxylamine groups is 2. The first kappa shape index (κ1) is 29.9. The van der Waals surface area contributed by atoms with Crippen LogP contribution in [0.4, 0.5) is 0 Å². The average Bonchev–Trinajstić information content (AvgIpc) is 3.62. The summed E-state index contributed by atoms with van der Waals surface area (Å²) in [7, 11) is 1.58. The van der Waals surface area contributed by atoms with Crippen molar-refractivity contribution in [3.05, 3.63) is 70.1 Å². The summed E-state index contributed by atoms with van der Waals surface area (Å²) in [6.07, 6.45) is 2.30. The number of carbonyl (C=O) groups is 3. The second-order valence-corrected chi connectivity index (χ2v) is 9.85. The molecule has 39 heavy (non-hydrogen) atoms. The Kier molecular flexibility index (Phi) is 11.1. The highest BCUT2D eigenvalue weighted by Gasteiger charge is 2.48. The van der Waals surface area contributed by atoms with Crippen LogP contribution in [0.1, 0.15) is 42.0 Å². The van der Waals surface area contributed by atoms with E-state index in [1.165, 1.54) is 16.9 Å². The van der Waals surface area contributed by atoms with E-state index in [2.05, 4.69) is 32.6 Å². The van der Waals surface area contributed by atoms with Gasteiger partial charge >= 0.3 is 11.9 Å². The molecule has 12 nitrogen and oxygen atoms in total. The summed E-state index contributed by atoms with van der Waals surface area (Å²) < 4.78 is 11.1. The van der Waals surface area contributed by atoms with Crippen LogP contribution in [0.3, 0.4) is 0 Å². The molecule has 2 N–H and O–H groups in total. The van der Waals surface area contributed by atoms with Gasteiger partial charge in [-0.15, -0.1) is 21.5 Å². The first-order valence-corrected chi connectivity index (χ1v) is 13.1. The number of carboxylic acids is 2. The minimum absolute atomic E-state index is 0.190. The van der Waals surface area contributed by atoms with Crippen molar-refractivity contribution in [3.63, 3.8) is 0 Å². The summed E-state index contributed by atoms with van der Waals surface area (Å²) in [5.41, 5.74) is 0.164. The van der Waals surface area contributed by atoms with E-state index < -0.39 is 17.5 Å². The highest BCUT2D eigenvalue weighted by atomic mass is 32.1. The fraction of sp³-hybridized carbons (Fsp3) is 0.423. The van der Waals surface area contributed by atoms with Gasteiger partial charge in [-0.2, -0.15) is 0 Å². The van der Waals surface area contributed by atoms with Crippen LogP contribution < -0.4 is 0 Å². The first-order valence-electron chi connectivity index (χ1n) is 12.3. The lowest BCUT2D eigenvalue weighted by molar-refractivity contribution is -0.243. The Hall–Kier alpha value is -3.65. The summed E-state index contributed by atoms with van der Waals surface area (Å²) in [6.45, 7) is 4.59. The van der Waals surface area contributed by atoms with Crippen molar-refractivity contribution >= 4 is 29.2 Å². The number of aliphatic carboxylic acids is 2. The number of amides is 1. The van der Waals surface area contributed by atoms with Crippen molar-refractivity contribution < 1.29 is 38.6 Å². The van der Waals surface area contributed by atoms with Gasteiger partial charge in [0.15, 0.2) is 5.54 Å². The van der Waals surface area contributed by atoms with Crippen LogP contribution in [-0.4, -0.2) is 75.0 Å². The van der Waals surface area contributed by atoms with Crippen molar-refractivity contribution in [3.8, 4) is 0 Å². The smallest absolute Gasteiger partial charge is 0.414 e. The van der Waals surface area contributed by atoms with Crippen LogP contribution in [0.15, 0.2) is 52.3 Å². The molecule has 1 saturated heterocycles. The monoisotopic (exact) mass is 560 g/mol. The minimum Gasteiger partial charge on any atom is -0.473 e. The van der Waals surface area contributed by atoms with Gasteiger partial charge in [0.1, 0.15) is 13.2 Å². The molecule has 0 atom stereocenters. The molecule has 1 aliphatic heterocycles. The molecule has 0 bridgehead atoms. The number of thiophene rings is 1. The number of ether oxygens (including phenoxy) is 1. The van der Waals surface area contributed by atoms with Crippen LogP contribution in [0.25, 0.3) is 0 Å². The fourth-order valence-electron chi connectivity index (χ4n) is 4.23. The van der Waals surface area contributed by atoms with Gasteiger partial charge in [0, 0.05) is 38.5 Å². The summed E-state index contributed by atoms with van der Waals surface area (Å²) in [6, 6.07) is 14.1. The molecule has 1 fully saturated rings. The summed E-state index contributed by atoms with van der Waals surface area (Å²) in [5, 5.41) is 26.8. The molecule has 0 spiro atoms. The number of hydrogen-bond donors (Lipinski definition) is 2. The standard InChI is InChI=1S/C24H30N4O4S.C2H2O4/c1-19(29)28(31-17-20-7-4-3-5-8-20)24(23-26-25-22(32-23)18-30-2)11-14-27(15-12-24)13-10-21-9-6-16-33-21;3-1(4)2(5)6/h3-9,16H,10-15,17-18H2,1-2H3;(H,3,4)(H,5,6). The Morgan fingerprint density at radius 1 is 1.05 bits per heavy atom. The third-order valence-electron chi connectivity index (χ3n) is 6.13. The zero-order chi connectivity index (χ0) is 28.3. The maximum absolute atomic E-state index is 12.8. The van der Waals surface area contributed by atoms with Gasteiger partial charge in [-0.1, -0.05) is 36.4 Å². The number of hydrogen-bond acceptors (Lipinski definition) is 10. The van der Waals surface area contributed by atoms with Gasteiger partial charge in [0.25, 0.3) is 0 Å². The van der Waals surface area contributed by atoms with Crippen LogP contribution in [0.2, 0.25) is 0 Å². The van der Waals surface area contributed by atoms with Crippen molar-refractivity contribution in [1.29, 1.82) is 0 Å². The molecular formula is C26H32N4O8S. The predicted octanol–water partition coefficient (Wildman–Crippen LogP) is 2.95. The number of methoxy groups -OCH3 is 1. The fourth-order valence-corrected chi connectivity index (χ4v) is 4.92. The molecule has 3 aromatic rings. The maximum Gasteiger partial charge on any atom is 0.414 e. The normalized spacial score (nSPS) is 14.7. The van der Waals surface area contributed by atoms with E-state index in [4.69, 9.17) is 33.8 Å². The predicted molar refractivity (Wildman–Crippen MR) is 139 cm³/mol. The average molecular weight is 561 g/mol. The van der Waals surface area contributed by atoms with E-state index in [1.807, 2.05) is 30.3 Å². The maximum atomic E-state index is 12.8. The Morgan fingerprint density at radius 3 is 2.31 bits per heavy atom. The SMILES string of the molecule is COCc1nnc(C2(N(OCc3ccccc3)C(C)=O)CCN(CCc3cccs3)CC2)o1.O=C(O)C(=O)O. The van der Waals surface area contributed by atoms with Gasteiger partial charge in [0.2, 0.25) is 17.7 Å². The summed E-state index contributed by atoms with van der Waals surface area (Å²) >= 11 is 1.78.